The van der Waals surface area contributed by atoms with Crippen LogP contribution < -0.4 is 0 Å². The third-order valence-corrected chi connectivity index (χ3v) is 19.0. The molecule has 92 heavy (non-hydrogen) atoms. The summed E-state index contributed by atoms with van der Waals surface area (Å²) >= 11 is 0. The molecule has 0 fully saturated rings. The van der Waals surface area contributed by atoms with E-state index in [1.165, 1.54) is 21.8 Å². The van der Waals surface area contributed by atoms with Crippen LogP contribution in [0.2, 0.25) is 0 Å². The number of nitrogens with zero attached hydrogens (tertiary/aromatic N) is 7. The fourth-order valence-corrected chi connectivity index (χ4v) is 14.9. The third kappa shape index (κ3) is 7.40. The smallest absolute Gasteiger partial charge is 0.235 e. The van der Waals surface area contributed by atoms with E-state index in [1.807, 2.05) is 6.07 Å². The molecule has 20 rings (SSSR count). The van der Waals surface area contributed by atoms with Gasteiger partial charge in [-0.15, -0.1) is 0 Å². The van der Waals surface area contributed by atoms with Gasteiger partial charge in [0.2, 0.25) is 11.9 Å². The van der Waals surface area contributed by atoms with E-state index in [0.717, 1.165) is 159 Å². The molecule has 0 aliphatic carbocycles. The molecule has 0 saturated carbocycles. The first-order chi connectivity index (χ1) is 45.6. The van der Waals surface area contributed by atoms with Crippen molar-refractivity contribution in [2.24, 2.45) is 0 Å². The molecule has 426 valence electrons. The van der Waals surface area contributed by atoms with E-state index in [0.29, 0.717) is 11.9 Å². The van der Waals surface area contributed by atoms with E-state index in [2.05, 4.69) is 305 Å². The fraction of sp³-hybridized carbons (Fsp3) is 0. The summed E-state index contributed by atoms with van der Waals surface area (Å²) in [5.41, 5.74) is 19.1. The van der Waals surface area contributed by atoms with Gasteiger partial charge in [-0.1, -0.05) is 218 Å². The first-order valence-electron chi connectivity index (χ1n) is 31.2. The Kier molecular flexibility index (Phi) is 10.7. The van der Waals surface area contributed by atoms with Crippen LogP contribution in [0, 0.1) is 0 Å². The van der Waals surface area contributed by atoms with E-state index >= 15 is 0 Å². The second kappa shape index (κ2) is 19.5. The SMILES string of the molecule is c1ccc(-c2nc(-n3c4ccccc4c4c5cc(-c6ccc(-c7nc(-n8c9ccccc9c9cc(-c%10ccc%11c(c%10)c%10ccccc%10n%11-c%10ccccc%10)ccc98)nc8ccccc78)cc6)ccc5c5c6ccccc6oc5c43)nc3c2ccc2ccccc23)cc1. The van der Waals surface area contributed by atoms with Crippen molar-refractivity contribution in [3.05, 3.63) is 297 Å². The number of aromatic nitrogens is 7. The van der Waals surface area contributed by atoms with Gasteiger partial charge in [0, 0.05) is 76.1 Å². The zero-order chi connectivity index (χ0) is 60.1. The Morgan fingerprint density at radius 1 is 0.261 bits per heavy atom. The topological polar surface area (TPSA) is 79.5 Å². The van der Waals surface area contributed by atoms with Crippen LogP contribution in [-0.2, 0) is 0 Å². The number of fused-ring (bicyclic) bond motifs is 20. The minimum Gasteiger partial charge on any atom is -0.454 e. The lowest BCUT2D eigenvalue weighted by Crippen LogP contribution is -2.04. The standard InChI is InChI=1S/C84H49N7O/c1-3-20-52(21-4-1)79-65-44-39-51-19-7-8-24-58(51)80(65)88-84(87-79)91-72-33-17-12-28-63(72)76-68-49-54(40-43-61(68)77-64-29-13-18-34-75(64)92-82(77)81(76)91)50-35-37-53(38-36-50)78-62-27-9-14-30-69(62)85-83(86-78)90-71-32-16-11-26-60(71)67-48-56(42-46-74(67)90)55-41-45-73-66(47-55)59-25-10-15-31-70(59)89(73)57-22-5-2-6-23-57/h1-49H. The van der Waals surface area contributed by atoms with Crippen LogP contribution in [0.4, 0.5) is 0 Å². The summed E-state index contributed by atoms with van der Waals surface area (Å²) in [6.45, 7) is 0. The van der Waals surface area contributed by atoms with Crippen LogP contribution >= 0.6 is 0 Å². The highest BCUT2D eigenvalue weighted by Gasteiger charge is 2.27. The van der Waals surface area contributed by atoms with Crippen LogP contribution in [-0.4, -0.2) is 33.6 Å². The second-order valence-electron chi connectivity index (χ2n) is 24.0. The van der Waals surface area contributed by atoms with Gasteiger partial charge in [-0.25, -0.2) is 19.9 Å². The maximum atomic E-state index is 7.08. The minimum absolute atomic E-state index is 0.577. The zero-order valence-corrected chi connectivity index (χ0v) is 49.3. The Balaban J connectivity index is 0.733. The Hall–Kier alpha value is -12.5. The predicted molar refractivity (Wildman–Crippen MR) is 380 cm³/mol. The van der Waals surface area contributed by atoms with Gasteiger partial charge < -0.3 is 8.98 Å². The molecule has 0 amide bonds. The number of para-hydroxylation sites is 6. The van der Waals surface area contributed by atoms with E-state index < -0.39 is 0 Å². The maximum absolute atomic E-state index is 7.08. The summed E-state index contributed by atoms with van der Waals surface area (Å²) in [6, 6.07) is 106. The number of benzene rings is 14. The summed E-state index contributed by atoms with van der Waals surface area (Å²) in [5.74, 6) is 1.19. The minimum atomic E-state index is 0.577. The second-order valence-corrected chi connectivity index (χ2v) is 24.0. The molecule has 14 aromatic carbocycles. The first-order valence-corrected chi connectivity index (χ1v) is 31.2. The van der Waals surface area contributed by atoms with Crippen molar-refractivity contribution in [3.63, 3.8) is 0 Å². The van der Waals surface area contributed by atoms with E-state index in [-0.39, 0.29) is 0 Å². The van der Waals surface area contributed by atoms with Crippen molar-refractivity contribution < 1.29 is 4.42 Å². The molecule has 6 heterocycles. The highest BCUT2D eigenvalue weighted by molar-refractivity contribution is 6.35. The molecule has 6 aromatic heterocycles. The van der Waals surface area contributed by atoms with Gasteiger partial charge in [0.05, 0.1) is 50.0 Å². The molecule has 8 heteroatoms. The van der Waals surface area contributed by atoms with Crippen molar-refractivity contribution >= 4 is 131 Å². The third-order valence-electron chi connectivity index (χ3n) is 19.0. The molecular formula is C84H49N7O. The Morgan fingerprint density at radius 3 is 1.49 bits per heavy atom. The quantitative estimate of drug-likeness (QED) is 0.149. The van der Waals surface area contributed by atoms with Crippen molar-refractivity contribution in [2.45, 2.75) is 0 Å². The average Bonchev–Trinajstić information content (AvgIpc) is 1.53. The van der Waals surface area contributed by atoms with Gasteiger partial charge in [0.1, 0.15) is 11.1 Å². The van der Waals surface area contributed by atoms with Crippen LogP contribution in [0.5, 0.6) is 0 Å². The summed E-state index contributed by atoms with van der Waals surface area (Å²) in [4.78, 5) is 22.0. The van der Waals surface area contributed by atoms with Gasteiger partial charge in [0.25, 0.3) is 0 Å². The molecule has 0 N–H and O–H groups in total. The highest BCUT2D eigenvalue weighted by Crippen LogP contribution is 2.48. The molecule has 0 saturated heterocycles. The molecule has 0 radical (unpaired) electrons. The molecule has 0 aliphatic rings. The van der Waals surface area contributed by atoms with Crippen molar-refractivity contribution in [1.82, 2.24) is 33.6 Å². The molecule has 0 spiro atoms. The largest absolute Gasteiger partial charge is 0.454 e. The van der Waals surface area contributed by atoms with Crippen LogP contribution in [0.25, 0.3) is 193 Å². The Labute approximate surface area is 525 Å². The summed E-state index contributed by atoms with van der Waals surface area (Å²) < 4.78 is 13.9. The average molecular weight is 1170 g/mol. The number of hydrogen-bond donors (Lipinski definition) is 0. The molecular weight excluding hydrogens is 1120 g/mol. The normalized spacial score (nSPS) is 12.1. The molecule has 8 nitrogen and oxygen atoms in total. The van der Waals surface area contributed by atoms with Crippen molar-refractivity contribution in [2.75, 3.05) is 0 Å². The molecule has 0 unspecified atom stereocenters. The van der Waals surface area contributed by atoms with Gasteiger partial charge in [-0.05, 0) is 117 Å². The summed E-state index contributed by atoms with van der Waals surface area (Å²) in [6.07, 6.45) is 0. The fourth-order valence-electron chi connectivity index (χ4n) is 14.9. The molecule has 20 aromatic rings. The first kappa shape index (κ1) is 50.5. The lowest BCUT2D eigenvalue weighted by Gasteiger charge is -2.14. The van der Waals surface area contributed by atoms with Crippen LogP contribution in [0.1, 0.15) is 0 Å². The number of rotatable bonds is 7. The summed E-state index contributed by atoms with van der Waals surface area (Å²) in [7, 11) is 0. The van der Waals surface area contributed by atoms with E-state index in [1.54, 1.807) is 0 Å². The highest BCUT2D eigenvalue weighted by atomic mass is 16.3. The Morgan fingerprint density at radius 2 is 0.750 bits per heavy atom. The zero-order valence-electron chi connectivity index (χ0n) is 49.3. The Bertz CT molecular complexity index is 6490. The van der Waals surface area contributed by atoms with Gasteiger partial charge in [-0.2, -0.15) is 0 Å². The molecule has 0 bridgehead atoms. The predicted octanol–water partition coefficient (Wildman–Crippen LogP) is 21.7. The van der Waals surface area contributed by atoms with E-state index in [4.69, 9.17) is 24.4 Å². The molecule has 0 atom stereocenters. The maximum Gasteiger partial charge on any atom is 0.235 e. The lowest BCUT2D eigenvalue weighted by molar-refractivity contribution is 0.671. The van der Waals surface area contributed by atoms with Crippen molar-refractivity contribution in [1.29, 1.82) is 0 Å². The monoisotopic (exact) mass is 1170 g/mol. The van der Waals surface area contributed by atoms with Crippen LogP contribution in [0.3, 0.4) is 0 Å². The van der Waals surface area contributed by atoms with Crippen molar-refractivity contribution in [3.8, 4) is 62.4 Å². The summed E-state index contributed by atoms with van der Waals surface area (Å²) in [5, 5.41) is 15.4. The van der Waals surface area contributed by atoms with E-state index in [9.17, 15) is 0 Å². The lowest BCUT2D eigenvalue weighted by atomic mass is 9.94. The van der Waals surface area contributed by atoms with Crippen LogP contribution in [0.15, 0.2) is 302 Å². The number of furan rings is 1. The van der Waals surface area contributed by atoms with Gasteiger partial charge in [-0.3, -0.25) is 9.13 Å². The van der Waals surface area contributed by atoms with Gasteiger partial charge in [0.15, 0.2) is 5.58 Å². The number of hydrogen-bond acceptors (Lipinski definition) is 5. The molecule has 0 aliphatic heterocycles. The van der Waals surface area contributed by atoms with Gasteiger partial charge >= 0.3 is 0 Å².